The van der Waals surface area contributed by atoms with E-state index in [9.17, 15) is 14.0 Å². The zero-order valence-corrected chi connectivity index (χ0v) is 20.5. The van der Waals surface area contributed by atoms with E-state index < -0.39 is 11.9 Å². The Morgan fingerprint density at radius 3 is 2.62 bits per heavy atom. The standard InChI is InChI=1S/C28H27FN6O2/c1-17-31-32-33-35(17)22-12-13-23(29)24(16-22)30-27(36)26-15-20-8-4-5-9-25(20)34(26)28(37)21-11-10-18-6-2-3-7-19(18)14-21/h2-3,6-7,10-14,16,20,25-26H,4-5,8-9,15H2,1H3,(H,30,36)/t20-,25-,26-/m0/s1. The highest BCUT2D eigenvalue weighted by atomic mass is 19.1. The molecule has 3 aromatic carbocycles. The predicted octanol–water partition coefficient (Wildman–Crippen LogP) is 4.68. The highest BCUT2D eigenvalue weighted by Crippen LogP contribution is 2.41. The molecule has 2 aliphatic rings. The van der Waals surface area contributed by atoms with Crippen molar-refractivity contribution in [3.8, 4) is 5.69 Å². The van der Waals surface area contributed by atoms with Gasteiger partial charge in [-0.1, -0.05) is 43.2 Å². The number of aromatic nitrogens is 4. The second kappa shape index (κ2) is 9.38. The first kappa shape index (κ1) is 23.3. The van der Waals surface area contributed by atoms with Gasteiger partial charge in [-0.05, 0) is 83.6 Å². The smallest absolute Gasteiger partial charge is 0.254 e. The van der Waals surface area contributed by atoms with Crippen molar-refractivity contribution in [3.05, 3.63) is 77.9 Å². The summed E-state index contributed by atoms with van der Waals surface area (Å²) < 4.78 is 16.2. The molecule has 0 spiro atoms. The zero-order chi connectivity index (χ0) is 25.5. The second-order valence-corrected chi connectivity index (χ2v) is 9.93. The molecule has 8 nitrogen and oxygen atoms in total. The van der Waals surface area contributed by atoms with E-state index in [-0.39, 0.29) is 29.5 Å². The highest BCUT2D eigenvalue weighted by Gasteiger charge is 2.47. The Morgan fingerprint density at radius 2 is 1.81 bits per heavy atom. The molecule has 1 aliphatic carbocycles. The largest absolute Gasteiger partial charge is 0.323 e. The third-order valence-corrected chi connectivity index (χ3v) is 7.70. The maximum absolute atomic E-state index is 14.8. The van der Waals surface area contributed by atoms with Crippen LogP contribution in [0.15, 0.2) is 60.7 Å². The van der Waals surface area contributed by atoms with Crippen molar-refractivity contribution in [2.75, 3.05) is 5.32 Å². The number of fused-ring (bicyclic) bond motifs is 2. The molecule has 6 rings (SSSR count). The van der Waals surface area contributed by atoms with Crippen LogP contribution in [0.1, 0.15) is 48.3 Å². The number of hydrogen-bond donors (Lipinski definition) is 1. The number of likely N-dealkylation sites (tertiary alicyclic amines) is 1. The Bertz CT molecular complexity index is 1500. The Hall–Kier alpha value is -4.14. The van der Waals surface area contributed by atoms with Crippen LogP contribution >= 0.6 is 0 Å². The molecule has 2 heterocycles. The third kappa shape index (κ3) is 4.24. The van der Waals surface area contributed by atoms with Gasteiger partial charge in [0.05, 0.1) is 11.4 Å². The van der Waals surface area contributed by atoms with Gasteiger partial charge in [0, 0.05) is 11.6 Å². The van der Waals surface area contributed by atoms with Gasteiger partial charge in [0.25, 0.3) is 5.91 Å². The summed E-state index contributed by atoms with van der Waals surface area (Å²) in [6.07, 6.45) is 4.55. The van der Waals surface area contributed by atoms with E-state index in [4.69, 9.17) is 0 Å². The van der Waals surface area contributed by atoms with Crippen LogP contribution in [-0.2, 0) is 4.79 Å². The van der Waals surface area contributed by atoms with Gasteiger partial charge in [0.1, 0.15) is 11.9 Å². The molecule has 2 fully saturated rings. The van der Waals surface area contributed by atoms with E-state index in [1.807, 2.05) is 42.5 Å². The van der Waals surface area contributed by atoms with Gasteiger partial charge in [-0.25, -0.2) is 4.39 Å². The zero-order valence-electron chi connectivity index (χ0n) is 20.5. The minimum Gasteiger partial charge on any atom is -0.323 e. The number of anilines is 1. The number of aryl methyl sites for hydroxylation is 1. The maximum atomic E-state index is 14.8. The van der Waals surface area contributed by atoms with Crippen molar-refractivity contribution in [1.29, 1.82) is 0 Å². The Morgan fingerprint density at radius 1 is 1.00 bits per heavy atom. The van der Waals surface area contributed by atoms with Crippen molar-refractivity contribution in [2.45, 2.75) is 51.1 Å². The quantitative estimate of drug-likeness (QED) is 0.441. The van der Waals surface area contributed by atoms with Crippen LogP contribution in [0, 0.1) is 18.7 Å². The fourth-order valence-corrected chi connectivity index (χ4v) is 5.88. The van der Waals surface area contributed by atoms with E-state index in [0.29, 0.717) is 23.5 Å². The molecule has 0 radical (unpaired) electrons. The Balaban J connectivity index is 1.31. The second-order valence-electron chi connectivity index (χ2n) is 9.93. The summed E-state index contributed by atoms with van der Waals surface area (Å²) in [7, 11) is 0. The SMILES string of the molecule is Cc1nnnn1-c1ccc(F)c(NC(=O)[C@@H]2C[C@@H]3CCCC[C@@H]3N2C(=O)c2ccc3ccccc3c2)c1. The van der Waals surface area contributed by atoms with E-state index in [1.54, 1.807) is 17.9 Å². The van der Waals surface area contributed by atoms with Crippen LogP contribution in [-0.4, -0.2) is 49.0 Å². The van der Waals surface area contributed by atoms with E-state index >= 15 is 0 Å². The average molecular weight is 499 g/mol. The van der Waals surface area contributed by atoms with E-state index in [1.165, 1.54) is 16.8 Å². The van der Waals surface area contributed by atoms with Crippen LogP contribution in [0.5, 0.6) is 0 Å². The molecule has 2 amide bonds. The molecule has 4 aromatic rings. The number of carbonyl (C=O) groups excluding carboxylic acids is 2. The number of tetrazole rings is 1. The third-order valence-electron chi connectivity index (χ3n) is 7.70. The Kier molecular flexibility index (Phi) is 5.90. The van der Waals surface area contributed by atoms with Crippen molar-refractivity contribution >= 4 is 28.3 Å². The summed E-state index contributed by atoms with van der Waals surface area (Å²) in [6, 6.07) is 17.2. The molecule has 1 aromatic heterocycles. The Labute approximate surface area is 213 Å². The number of rotatable bonds is 4. The van der Waals surface area contributed by atoms with Crippen LogP contribution in [0.25, 0.3) is 16.5 Å². The molecule has 37 heavy (non-hydrogen) atoms. The molecule has 1 saturated carbocycles. The van der Waals surface area contributed by atoms with Gasteiger partial charge in [-0.3, -0.25) is 9.59 Å². The van der Waals surface area contributed by atoms with Crippen LogP contribution in [0.3, 0.4) is 0 Å². The van der Waals surface area contributed by atoms with Gasteiger partial charge in [0.15, 0.2) is 5.82 Å². The summed E-state index contributed by atoms with van der Waals surface area (Å²) in [4.78, 5) is 29.2. The lowest BCUT2D eigenvalue weighted by Gasteiger charge is -2.33. The minimum absolute atomic E-state index is 0.00326. The summed E-state index contributed by atoms with van der Waals surface area (Å²) >= 11 is 0. The molecule has 1 saturated heterocycles. The number of nitrogens with zero attached hydrogens (tertiary/aromatic N) is 5. The van der Waals surface area contributed by atoms with Crippen LogP contribution < -0.4 is 5.32 Å². The molecule has 9 heteroatoms. The number of halogens is 1. The molecular formula is C28H27FN6O2. The molecule has 3 atom stereocenters. The predicted molar refractivity (Wildman–Crippen MR) is 137 cm³/mol. The number of hydrogen-bond acceptors (Lipinski definition) is 5. The normalized spacial score (nSPS) is 21.1. The molecule has 1 N–H and O–H groups in total. The monoisotopic (exact) mass is 498 g/mol. The first-order valence-electron chi connectivity index (χ1n) is 12.7. The number of nitrogens with one attached hydrogen (secondary N) is 1. The van der Waals surface area contributed by atoms with Crippen LogP contribution in [0.4, 0.5) is 10.1 Å². The first-order valence-corrected chi connectivity index (χ1v) is 12.7. The van der Waals surface area contributed by atoms with Gasteiger partial charge >= 0.3 is 0 Å². The summed E-state index contributed by atoms with van der Waals surface area (Å²) in [6.45, 7) is 1.73. The van der Waals surface area contributed by atoms with Crippen molar-refractivity contribution in [2.24, 2.45) is 5.92 Å². The first-order chi connectivity index (χ1) is 18.0. The molecular weight excluding hydrogens is 471 g/mol. The summed E-state index contributed by atoms with van der Waals surface area (Å²) in [5.41, 5.74) is 1.12. The average Bonchev–Trinajstić information content (AvgIpc) is 3.53. The lowest BCUT2D eigenvalue weighted by atomic mass is 9.84. The van der Waals surface area contributed by atoms with Gasteiger partial charge < -0.3 is 10.2 Å². The van der Waals surface area contributed by atoms with Gasteiger partial charge in [-0.2, -0.15) is 4.68 Å². The number of amides is 2. The molecule has 188 valence electrons. The topological polar surface area (TPSA) is 93.0 Å². The molecule has 1 aliphatic heterocycles. The lowest BCUT2D eigenvalue weighted by Crippen LogP contribution is -2.47. The van der Waals surface area contributed by atoms with Gasteiger partial charge in [0.2, 0.25) is 5.91 Å². The fourth-order valence-electron chi connectivity index (χ4n) is 5.88. The highest BCUT2D eigenvalue weighted by molar-refractivity contribution is 6.03. The van der Waals surface area contributed by atoms with E-state index in [0.717, 1.165) is 36.5 Å². The summed E-state index contributed by atoms with van der Waals surface area (Å²) in [5.74, 6) is -0.303. The fraction of sp³-hybridized carbons (Fsp3) is 0.321. The lowest BCUT2D eigenvalue weighted by molar-refractivity contribution is -0.120. The molecule has 0 bridgehead atoms. The van der Waals surface area contributed by atoms with Crippen LogP contribution in [0.2, 0.25) is 0 Å². The number of carbonyl (C=O) groups is 2. The van der Waals surface area contributed by atoms with Crippen molar-refractivity contribution in [3.63, 3.8) is 0 Å². The van der Waals surface area contributed by atoms with E-state index in [2.05, 4.69) is 20.8 Å². The number of benzene rings is 3. The molecule has 0 unspecified atom stereocenters. The van der Waals surface area contributed by atoms with Gasteiger partial charge in [-0.15, -0.1) is 5.10 Å². The van der Waals surface area contributed by atoms with Crippen molar-refractivity contribution < 1.29 is 14.0 Å². The van der Waals surface area contributed by atoms with Crippen molar-refractivity contribution in [1.82, 2.24) is 25.1 Å². The maximum Gasteiger partial charge on any atom is 0.254 e. The summed E-state index contributed by atoms with van der Waals surface area (Å²) in [5, 5.41) is 16.2. The minimum atomic E-state index is -0.676.